The molecule has 2 aliphatic rings. The van der Waals surface area contributed by atoms with Gasteiger partial charge in [0.15, 0.2) is 10.6 Å². The first kappa shape index (κ1) is 31.6. The van der Waals surface area contributed by atoms with Gasteiger partial charge in [-0.1, -0.05) is 109 Å². The quantitative estimate of drug-likeness (QED) is 0.121. The third-order valence-electron chi connectivity index (χ3n) is 9.00. The fourth-order valence-electron chi connectivity index (χ4n) is 6.41. The SMILES string of the molecule is O=C1c2ccccc2C(=O)N1Cc1ccccc1-c1ccc([C@@H]2O[C@H](CSc3nc4ccccc4s3)C[C@H](c3ccc(CO)cc3)O2)cc1. The molecular weight excluding hydrogens is 653 g/mol. The number of carbonyl (C=O) groups is 2. The van der Waals surface area contributed by atoms with E-state index >= 15 is 0 Å². The molecule has 0 unspecified atom stereocenters. The smallest absolute Gasteiger partial charge is 0.261 e. The van der Waals surface area contributed by atoms with Gasteiger partial charge in [0.25, 0.3) is 11.8 Å². The number of fused-ring (bicyclic) bond motifs is 2. The van der Waals surface area contributed by atoms with Gasteiger partial charge in [0.1, 0.15) is 0 Å². The van der Waals surface area contributed by atoms with Gasteiger partial charge in [0.2, 0.25) is 0 Å². The molecular formula is C40H32N2O5S2. The number of thiazole rings is 1. The molecule has 2 amide bonds. The first-order valence-corrected chi connectivity index (χ1v) is 18.0. The number of amides is 2. The number of hydrogen-bond donors (Lipinski definition) is 1. The maximum atomic E-state index is 13.1. The molecule has 2 aliphatic heterocycles. The summed E-state index contributed by atoms with van der Waals surface area (Å²) in [5.41, 5.74) is 7.49. The molecule has 0 saturated carbocycles. The zero-order valence-corrected chi connectivity index (χ0v) is 28.0. The van der Waals surface area contributed by atoms with Crippen molar-refractivity contribution in [2.24, 2.45) is 0 Å². The number of hydrogen-bond acceptors (Lipinski definition) is 8. The summed E-state index contributed by atoms with van der Waals surface area (Å²) in [6.45, 7) is 0.177. The highest BCUT2D eigenvalue weighted by Gasteiger charge is 2.36. The van der Waals surface area contributed by atoms with Crippen LogP contribution in [0.4, 0.5) is 0 Å². The van der Waals surface area contributed by atoms with Gasteiger partial charge < -0.3 is 14.6 Å². The molecule has 3 heterocycles. The number of para-hydroxylation sites is 1. The topological polar surface area (TPSA) is 89.0 Å². The van der Waals surface area contributed by atoms with Gasteiger partial charge in [-0.2, -0.15) is 0 Å². The van der Waals surface area contributed by atoms with Crippen LogP contribution in [0.3, 0.4) is 0 Å². The average Bonchev–Trinajstić information content (AvgIpc) is 3.68. The number of imide groups is 1. The van der Waals surface area contributed by atoms with Crippen molar-refractivity contribution < 1.29 is 24.2 Å². The molecule has 9 heteroatoms. The van der Waals surface area contributed by atoms with E-state index in [9.17, 15) is 14.7 Å². The number of ether oxygens (including phenoxy) is 2. The predicted octanol–water partition coefficient (Wildman–Crippen LogP) is 8.59. The third kappa shape index (κ3) is 6.44. The number of aliphatic hydroxyl groups is 1. The Balaban J connectivity index is 1.02. The van der Waals surface area contributed by atoms with Gasteiger partial charge in [-0.15, -0.1) is 11.3 Å². The summed E-state index contributed by atoms with van der Waals surface area (Å²) in [5, 5.41) is 9.56. The number of carbonyl (C=O) groups excluding carboxylic acids is 2. The predicted molar refractivity (Wildman–Crippen MR) is 191 cm³/mol. The normalized spacial score (nSPS) is 19.0. The van der Waals surface area contributed by atoms with E-state index in [4.69, 9.17) is 14.5 Å². The fourth-order valence-corrected chi connectivity index (χ4v) is 8.52. The third-order valence-corrected chi connectivity index (χ3v) is 11.3. The molecule has 1 fully saturated rings. The molecule has 0 bridgehead atoms. The number of rotatable bonds is 9. The van der Waals surface area contributed by atoms with Crippen LogP contribution in [-0.4, -0.2) is 38.7 Å². The van der Waals surface area contributed by atoms with Crippen LogP contribution in [0.2, 0.25) is 0 Å². The number of thioether (sulfide) groups is 1. The molecule has 1 aromatic heterocycles. The van der Waals surface area contributed by atoms with Gasteiger partial charge in [0, 0.05) is 17.7 Å². The molecule has 8 rings (SSSR count). The summed E-state index contributed by atoms with van der Waals surface area (Å²) in [4.78, 5) is 32.3. The lowest BCUT2D eigenvalue weighted by molar-refractivity contribution is -0.245. The van der Waals surface area contributed by atoms with Gasteiger partial charge >= 0.3 is 0 Å². The molecule has 0 radical (unpaired) electrons. The zero-order chi connectivity index (χ0) is 33.3. The Labute approximate surface area is 292 Å². The molecule has 244 valence electrons. The van der Waals surface area contributed by atoms with Crippen molar-refractivity contribution in [1.29, 1.82) is 0 Å². The Bertz CT molecular complexity index is 2080. The zero-order valence-electron chi connectivity index (χ0n) is 26.4. The lowest BCUT2D eigenvalue weighted by atomic mass is 9.97. The second-order valence-corrected chi connectivity index (χ2v) is 14.4. The van der Waals surface area contributed by atoms with Crippen LogP contribution < -0.4 is 0 Å². The summed E-state index contributed by atoms with van der Waals surface area (Å²) >= 11 is 3.40. The van der Waals surface area contributed by atoms with Gasteiger partial charge in [-0.3, -0.25) is 14.5 Å². The number of benzene rings is 5. The van der Waals surface area contributed by atoms with Crippen molar-refractivity contribution in [2.45, 2.75) is 42.4 Å². The Morgan fingerprint density at radius 1 is 0.755 bits per heavy atom. The van der Waals surface area contributed by atoms with Crippen LogP contribution >= 0.6 is 23.1 Å². The molecule has 5 aromatic carbocycles. The number of aromatic nitrogens is 1. The summed E-state index contributed by atoms with van der Waals surface area (Å²) < 4.78 is 15.4. The minimum atomic E-state index is -0.583. The molecule has 3 atom stereocenters. The Kier molecular flexibility index (Phi) is 8.84. The molecule has 49 heavy (non-hydrogen) atoms. The van der Waals surface area contributed by atoms with Crippen molar-refractivity contribution in [2.75, 3.05) is 5.75 Å². The van der Waals surface area contributed by atoms with E-state index < -0.39 is 6.29 Å². The Morgan fingerprint density at radius 2 is 1.41 bits per heavy atom. The Morgan fingerprint density at radius 3 is 2.12 bits per heavy atom. The van der Waals surface area contributed by atoms with Crippen molar-refractivity contribution in [3.8, 4) is 11.1 Å². The lowest BCUT2D eigenvalue weighted by Crippen LogP contribution is -2.31. The maximum absolute atomic E-state index is 13.1. The molecule has 6 aromatic rings. The molecule has 1 N–H and O–H groups in total. The maximum Gasteiger partial charge on any atom is 0.261 e. The second kappa shape index (κ2) is 13.7. The van der Waals surface area contributed by atoms with E-state index in [0.29, 0.717) is 17.5 Å². The lowest BCUT2D eigenvalue weighted by Gasteiger charge is -2.36. The van der Waals surface area contributed by atoms with Gasteiger partial charge in [0.05, 0.1) is 46.7 Å². The van der Waals surface area contributed by atoms with Crippen LogP contribution in [0.5, 0.6) is 0 Å². The monoisotopic (exact) mass is 684 g/mol. The van der Waals surface area contributed by atoms with Crippen molar-refractivity contribution in [3.63, 3.8) is 0 Å². The molecule has 7 nitrogen and oxygen atoms in total. The number of aliphatic hydroxyl groups excluding tert-OH is 1. The van der Waals surface area contributed by atoms with Crippen LogP contribution in [-0.2, 0) is 22.6 Å². The summed E-state index contributed by atoms with van der Waals surface area (Å²) in [5.74, 6) is 0.191. The van der Waals surface area contributed by atoms with Crippen LogP contribution in [0.15, 0.2) is 126 Å². The summed E-state index contributed by atoms with van der Waals surface area (Å²) in [6, 6.07) is 39.0. The van der Waals surface area contributed by atoms with Crippen molar-refractivity contribution >= 4 is 45.1 Å². The highest BCUT2D eigenvalue weighted by molar-refractivity contribution is 8.01. The van der Waals surface area contributed by atoms with E-state index in [2.05, 4.69) is 6.07 Å². The second-order valence-electron chi connectivity index (χ2n) is 12.1. The largest absolute Gasteiger partial charge is 0.392 e. The fraction of sp³-hybridized carbons (Fsp3) is 0.175. The van der Waals surface area contributed by atoms with Crippen molar-refractivity contribution in [1.82, 2.24) is 9.88 Å². The standard InChI is InChI=1S/C40H32N2O5S2/c43-23-25-13-15-27(16-14-25)35-21-30(24-48-40-41-34-11-5-6-12-36(34)49-40)46-39(47-35)28-19-17-26(18-20-28)31-8-2-1-7-29(31)22-42-37(44)32-9-3-4-10-33(32)38(42)45/h1-20,30,35,39,43H,21-24H2/t30-,35+,39+/m0/s1. The molecule has 0 spiro atoms. The first-order chi connectivity index (χ1) is 24.0. The minimum absolute atomic E-state index is 0.00720. The van der Waals surface area contributed by atoms with E-state index in [-0.39, 0.29) is 37.2 Å². The summed E-state index contributed by atoms with van der Waals surface area (Å²) in [7, 11) is 0. The minimum Gasteiger partial charge on any atom is -0.392 e. The number of nitrogens with zero attached hydrogens (tertiary/aromatic N) is 2. The van der Waals surface area contributed by atoms with Gasteiger partial charge in [-0.05, 0) is 52.1 Å². The molecule has 0 aliphatic carbocycles. The van der Waals surface area contributed by atoms with E-state index in [1.54, 1.807) is 47.4 Å². The van der Waals surface area contributed by atoms with Gasteiger partial charge in [-0.25, -0.2) is 4.98 Å². The van der Waals surface area contributed by atoms with Crippen LogP contribution in [0.25, 0.3) is 21.3 Å². The van der Waals surface area contributed by atoms with Crippen LogP contribution in [0.1, 0.15) is 61.8 Å². The first-order valence-electron chi connectivity index (χ1n) is 16.2. The van der Waals surface area contributed by atoms with E-state index in [0.717, 1.165) is 49.0 Å². The van der Waals surface area contributed by atoms with Crippen LogP contribution in [0, 0.1) is 0 Å². The molecule has 1 saturated heterocycles. The summed E-state index contributed by atoms with van der Waals surface area (Å²) in [6.07, 6.45) is -0.165. The van der Waals surface area contributed by atoms with E-state index in [1.165, 1.54) is 9.60 Å². The highest BCUT2D eigenvalue weighted by atomic mass is 32.2. The Hall–Kier alpha value is -4.64. The highest BCUT2D eigenvalue weighted by Crippen LogP contribution is 2.41. The van der Waals surface area contributed by atoms with Crippen molar-refractivity contribution in [3.05, 3.63) is 155 Å². The van der Waals surface area contributed by atoms with E-state index in [1.807, 2.05) is 91.0 Å². The average molecular weight is 685 g/mol.